The van der Waals surface area contributed by atoms with Crippen LogP contribution in [0.5, 0.6) is 0 Å². The van der Waals surface area contributed by atoms with Crippen LogP contribution in [0, 0.1) is 5.92 Å². The van der Waals surface area contributed by atoms with Crippen LogP contribution in [-0.2, 0) is 11.2 Å². The third-order valence-corrected chi connectivity index (χ3v) is 6.28. The van der Waals surface area contributed by atoms with Crippen LogP contribution < -0.4 is 10.6 Å². The fraction of sp³-hybridized carbons (Fsp3) is 0.700. The van der Waals surface area contributed by atoms with Gasteiger partial charge in [0.1, 0.15) is 0 Å². The number of rotatable bonds is 6. The standard InChI is InChI=1S/C20H32N4OS/c1-2-21-20(22-12-10-18-9-6-14-26-18)23-17-11-13-24(15-17)19(25)16-7-4-3-5-8-16/h6,9,14,16-17H,2-5,7-8,10-13,15H2,1H3,(H2,21,22,23). The maximum atomic E-state index is 12.7. The Balaban J connectivity index is 1.47. The van der Waals surface area contributed by atoms with Crippen LogP contribution in [0.3, 0.4) is 0 Å². The second kappa shape index (κ2) is 9.95. The summed E-state index contributed by atoms with van der Waals surface area (Å²) in [6, 6.07) is 4.55. The first-order valence-electron chi connectivity index (χ1n) is 10.1. The van der Waals surface area contributed by atoms with Crippen LogP contribution in [-0.4, -0.2) is 49.0 Å². The molecule has 2 fully saturated rings. The van der Waals surface area contributed by atoms with Crippen LogP contribution >= 0.6 is 11.3 Å². The van der Waals surface area contributed by atoms with E-state index in [0.717, 1.165) is 57.8 Å². The van der Waals surface area contributed by atoms with Gasteiger partial charge in [-0.15, -0.1) is 11.3 Å². The highest BCUT2D eigenvalue weighted by molar-refractivity contribution is 7.09. The quantitative estimate of drug-likeness (QED) is 0.593. The van der Waals surface area contributed by atoms with Crippen molar-refractivity contribution in [1.82, 2.24) is 15.5 Å². The van der Waals surface area contributed by atoms with Gasteiger partial charge in [-0.25, -0.2) is 0 Å². The molecule has 3 rings (SSSR count). The van der Waals surface area contributed by atoms with Crippen molar-refractivity contribution in [3.8, 4) is 0 Å². The highest BCUT2D eigenvalue weighted by Crippen LogP contribution is 2.26. The molecule has 1 aliphatic heterocycles. The van der Waals surface area contributed by atoms with Gasteiger partial charge in [0, 0.05) is 49.4 Å². The molecule has 1 saturated carbocycles. The third-order valence-electron chi connectivity index (χ3n) is 5.35. The highest BCUT2D eigenvalue weighted by Gasteiger charge is 2.31. The molecular weight excluding hydrogens is 344 g/mol. The molecule has 1 amide bonds. The second-order valence-electron chi connectivity index (χ2n) is 7.34. The van der Waals surface area contributed by atoms with Gasteiger partial charge < -0.3 is 15.5 Å². The molecule has 1 aromatic heterocycles. The molecular formula is C20H32N4OS. The van der Waals surface area contributed by atoms with Gasteiger partial charge in [0.05, 0.1) is 0 Å². The summed E-state index contributed by atoms with van der Waals surface area (Å²) in [4.78, 5) is 20.9. The largest absolute Gasteiger partial charge is 0.357 e. The first-order valence-corrected chi connectivity index (χ1v) is 11.0. The zero-order valence-electron chi connectivity index (χ0n) is 15.9. The summed E-state index contributed by atoms with van der Waals surface area (Å²) in [5.41, 5.74) is 0. The lowest BCUT2D eigenvalue weighted by molar-refractivity contribution is -0.135. The van der Waals surface area contributed by atoms with E-state index in [4.69, 9.17) is 4.99 Å². The molecule has 1 saturated heterocycles. The average Bonchev–Trinajstić information content (AvgIpc) is 3.34. The minimum Gasteiger partial charge on any atom is -0.357 e. The summed E-state index contributed by atoms with van der Waals surface area (Å²) in [5, 5.41) is 8.98. The van der Waals surface area contributed by atoms with Crippen molar-refractivity contribution in [2.45, 2.75) is 57.9 Å². The fourth-order valence-electron chi connectivity index (χ4n) is 3.93. The summed E-state index contributed by atoms with van der Waals surface area (Å²) >= 11 is 1.78. The van der Waals surface area contributed by atoms with Crippen LogP contribution in [0.1, 0.15) is 50.3 Å². The number of likely N-dealkylation sites (tertiary alicyclic amines) is 1. The van der Waals surface area contributed by atoms with E-state index in [1.165, 1.54) is 24.1 Å². The molecule has 26 heavy (non-hydrogen) atoms. The summed E-state index contributed by atoms with van der Waals surface area (Å²) in [5.74, 6) is 1.53. The minimum absolute atomic E-state index is 0.273. The van der Waals surface area contributed by atoms with E-state index in [-0.39, 0.29) is 5.92 Å². The van der Waals surface area contributed by atoms with Crippen molar-refractivity contribution in [3.05, 3.63) is 22.4 Å². The Morgan fingerprint density at radius 3 is 2.88 bits per heavy atom. The van der Waals surface area contributed by atoms with Crippen molar-refractivity contribution >= 4 is 23.2 Å². The molecule has 6 heteroatoms. The van der Waals surface area contributed by atoms with Gasteiger partial charge in [-0.05, 0) is 37.6 Å². The maximum absolute atomic E-state index is 12.7. The molecule has 1 atom stereocenters. The number of carbonyl (C=O) groups is 1. The molecule has 0 radical (unpaired) electrons. The lowest BCUT2D eigenvalue weighted by atomic mass is 9.88. The van der Waals surface area contributed by atoms with Gasteiger partial charge in [-0.1, -0.05) is 25.3 Å². The lowest BCUT2D eigenvalue weighted by Crippen LogP contribution is -2.45. The van der Waals surface area contributed by atoms with Gasteiger partial charge in [0.25, 0.3) is 0 Å². The third kappa shape index (κ3) is 5.47. The molecule has 0 bridgehead atoms. The summed E-state index contributed by atoms with van der Waals surface area (Å²) in [7, 11) is 0. The SMILES string of the molecule is CCNC(=NCCc1cccs1)NC1CCN(C(=O)C2CCCCC2)C1. The monoisotopic (exact) mass is 376 g/mol. The zero-order chi connectivity index (χ0) is 18.2. The molecule has 1 aliphatic carbocycles. The van der Waals surface area contributed by atoms with Crippen LogP contribution in [0.15, 0.2) is 22.5 Å². The van der Waals surface area contributed by atoms with Crippen LogP contribution in [0.25, 0.3) is 0 Å². The van der Waals surface area contributed by atoms with E-state index in [2.05, 4.69) is 40.0 Å². The summed E-state index contributed by atoms with van der Waals surface area (Å²) < 4.78 is 0. The van der Waals surface area contributed by atoms with Crippen molar-refractivity contribution in [1.29, 1.82) is 0 Å². The Kier molecular flexibility index (Phi) is 7.35. The smallest absolute Gasteiger partial charge is 0.225 e. The van der Waals surface area contributed by atoms with Gasteiger partial charge in [0.15, 0.2) is 5.96 Å². The second-order valence-corrected chi connectivity index (χ2v) is 8.37. The Morgan fingerprint density at radius 1 is 1.31 bits per heavy atom. The number of amides is 1. The maximum Gasteiger partial charge on any atom is 0.225 e. The topological polar surface area (TPSA) is 56.7 Å². The number of nitrogens with one attached hydrogen (secondary N) is 2. The van der Waals surface area contributed by atoms with E-state index in [1.54, 1.807) is 11.3 Å². The van der Waals surface area contributed by atoms with Gasteiger partial charge in [-0.2, -0.15) is 0 Å². The molecule has 2 heterocycles. The predicted molar refractivity (Wildman–Crippen MR) is 109 cm³/mol. The number of guanidine groups is 1. The first kappa shape index (κ1) is 19.2. The van der Waals surface area contributed by atoms with E-state index < -0.39 is 0 Å². The first-order chi connectivity index (χ1) is 12.8. The molecule has 2 N–H and O–H groups in total. The van der Waals surface area contributed by atoms with E-state index in [9.17, 15) is 4.79 Å². The van der Waals surface area contributed by atoms with Crippen molar-refractivity contribution < 1.29 is 4.79 Å². The Labute approximate surface area is 161 Å². The Bertz CT molecular complexity index is 581. The van der Waals surface area contributed by atoms with Gasteiger partial charge in [0.2, 0.25) is 5.91 Å². The highest BCUT2D eigenvalue weighted by atomic mass is 32.1. The summed E-state index contributed by atoms with van der Waals surface area (Å²) in [6.07, 6.45) is 7.88. The van der Waals surface area contributed by atoms with E-state index in [1.807, 2.05) is 0 Å². The molecule has 144 valence electrons. The average molecular weight is 377 g/mol. The Hall–Kier alpha value is -1.56. The number of carbonyl (C=O) groups excluding carboxylic acids is 1. The molecule has 1 unspecified atom stereocenters. The lowest BCUT2D eigenvalue weighted by Gasteiger charge is -2.26. The summed E-state index contributed by atoms with van der Waals surface area (Å²) in [6.45, 7) is 5.41. The number of hydrogen-bond acceptors (Lipinski definition) is 3. The Morgan fingerprint density at radius 2 is 2.15 bits per heavy atom. The van der Waals surface area contributed by atoms with Gasteiger partial charge >= 0.3 is 0 Å². The van der Waals surface area contributed by atoms with Crippen molar-refractivity contribution in [2.75, 3.05) is 26.2 Å². The number of nitrogens with zero attached hydrogens (tertiary/aromatic N) is 2. The number of hydrogen-bond donors (Lipinski definition) is 2. The molecule has 2 aliphatic rings. The van der Waals surface area contributed by atoms with Crippen molar-refractivity contribution in [3.63, 3.8) is 0 Å². The van der Waals surface area contributed by atoms with E-state index in [0.29, 0.717) is 11.9 Å². The van der Waals surface area contributed by atoms with Crippen molar-refractivity contribution in [2.24, 2.45) is 10.9 Å². The fourth-order valence-corrected chi connectivity index (χ4v) is 4.63. The van der Waals surface area contributed by atoms with Crippen LogP contribution in [0.4, 0.5) is 0 Å². The molecule has 1 aromatic rings. The predicted octanol–water partition coefficient (Wildman–Crippen LogP) is 3.03. The normalized spacial score (nSPS) is 21.8. The minimum atomic E-state index is 0.273. The van der Waals surface area contributed by atoms with Crippen LogP contribution in [0.2, 0.25) is 0 Å². The molecule has 5 nitrogen and oxygen atoms in total. The number of thiophene rings is 1. The zero-order valence-corrected chi connectivity index (χ0v) is 16.7. The van der Waals surface area contributed by atoms with Gasteiger partial charge in [-0.3, -0.25) is 9.79 Å². The van der Waals surface area contributed by atoms with E-state index >= 15 is 0 Å². The number of aliphatic imine (C=N–C) groups is 1. The molecule has 0 aromatic carbocycles. The molecule has 0 spiro atoms.